The molecule has 1 nitrogen and oxygen atoms in total. The van der Waals surface area contributed by atoms with Crippen LogP contribution in [0.25, 0.3) is 0 Å². The maximum absolute atomic E-state index is 11.8. The van der Waals surface area contributed by atoms with Crippen LogP contribution in [0.15, 0.2) is 11.3 Å². The third-order valence-corrected chi connectivity index (χ3v) is 1.36. The topological polar surface area (TPSA) is 12.0 Å². The zero-order valence-electron chi connectivity index (χ0n) is 6.13. The van der Waals surface area contributed by atoms with E-state index in [1.807, 2.05) is 0 Å². The summed E-state index contributed by atoms with van der Waals surface area (Å²) in [5, 5.41) is 2.43. The summed E-state index contributed by atoms with van der Waals surface area (Å²) in [6, 6.07) is 0. The number of hydrogen-bond acceptors (Lipinski definition) is 1. The fourth-order valence-electron chi connectivity index (χ4n) is 0.400. The number of nitrogens with one attached hydrogen (secondary N) is 1. The highest BCUT2D eigenvalue weighted by Gasteiger charge is 2.31. The fraction of sp³-hybridized carbons (Fsp3) is 0.667. The van der Waals surface area contributed by atoms with E-state index >= 15 is 0 Å². The van der Waals surface area contributed by atoms with Gasteiger partial charge in [0, 0.05) is 18.3 Å². The number of rotatable bonds is 1. The van der Waals surface area contributed by atoms with Crippen LogP contribution >= 0.6 is 0 Å². The molecule has 0 amide bonds. The van der Waals surface area contributed by atoms with Crippen molar-refractivity contribution in [3.05, 3.63) is 11.3 Å². The van der Waals surface area contributed by atoms with Gasteiger partial charge in [0.2, 0.25) is 0 Å². The van der Waals surface area contributed by atoms with Crippen molar-refractivity contribution in [1.82, 2.24) is 5.32 Å². The molecule has 1 N–H and O–H groups in total. The standard InChI is InChI=1S/C6H10F3N/c1-4(5(2)10-3)6(7,8)9/h10H,1-3H3. The zero-order chi connectivity index (χ0) is 8.36. The van der Waals surface area contributed by atoms with E-state index in [0.29, 0.717) is 0 Å². The summed E-state index contributed by atoms with van der Waals surface area (Å²) in [6.45, 7) is 2.44. The van der Waals surface area contributed by atoms with Gasteiger partial charge in [0.15, 0.2) is 0 Å². The predicted molar refractivity (Wildman–Crippen MR) is 33.5 cm³/mol. The number of allylic oxidation sites excluding steroid dienone is 2. The lowest BCUT2D eigenvalue weighted by atomic mass is 10.2. The molecule has 0 aromatic rings. The third-order valence-electron chi connectivity index (χ3n) is 1.36. The SMILES string of the molecule is CNC(C)=C(C)C(F)(F)F. The Bertz CT molecular complexity index is 146. The summed E-state index contributed by atoms with van der Waals surface area (Å²) in [5.74, 6) is 0. The highest BCUT2D eigenvalue weighted by molar-refractivity contribution is 5.12. The van der Waals surface area contributed by atoms with Crippen molar-refractivity contribution in [1.29, 1.82) is 0 Å². The first-order valence-corrected chi connectivity index (χ1v) is 2.82. The zero-order valence-corrected chi connectivity index (χ0v) is 6.13. The second-order valence-corrected chi connectivity index (χ2v) is 2.00. The average molecular weight is 153 g/mol. The van der Waals surface area contributed by atoms with Crippen molar-refractivity contribution < 1.29 is 13.2 Å². The van der Waals surface area contributed by atoms with Crippen LogP contribution in [-0.4, -0.2) is 13.2 Å². The molecule has 0 unspecified atom stereocenters. The molecule has 0 saturated carbocycles. The van der Waals surface area contributed by atoms with E-state index in [4.69, 9.17) is 0 Å². The summed E-state index contributed by atoms with van der Waals surface area (Å²) in [7, 11) is 1.46. The van der Waals surface area contributed by atoms with Crippen molar-refractivity contribution in [2.75, 3.05) is 7.05 Å². The van der Waals surface area contributed by atoms with Gasteiger partial charge in [-0.1, -0.05) is 0 Å². The first kappa shape index (κ1) is 9.33. The van der Waals surface area contributed by atoms with Crippen LogP contribution in [0.2, 0.25) is 0 Å². The molecule has 0 radical (unpaired) electrons. The Kier molecular flexibility index (Phi) is 2.75. The van der Waals surface area contributed by atoms with Crippen molar-refractivity contribution in [3.63, 3.8) is 0 Å². The lowest BCUT2D eigenvalue weighted by Crippen LogP contribution is -2.16. The first-order chi connectivity index (χ1) is 4.39. The Morgan fingerprint density at radius 2 is 1.60 bits per heavy atom. The second kappa shape index (κ2) is 2.94. The van der Waals surface area contributed by atoms with Gasteiger partial charge >= 0.3 is 6.18 Å². The lowest BCUT2D eigenvalue weighted by molar-refractivity contribution is -0.0924. The number of halogens is 3. The van der Waals surface area contributed by atoms with Gasteiger partial charge in [-0.25, -0.2) is 0 Å². The summed E-state index contributed by atoms with van der Waals surface area (Å²) in [6.07, 6.45) is -4.20. The molecule has 60 valence electrons. The van der Waals surface area contributed by atoms with Gasteiger partial charge in [-0.3, -0.25) is 0 Å². The Balaban J connectivity index is 4.47. The van der Waals surface area contributed by atoms with Gasteiger partial charge in [0.05, 0.1) is 0 Å². The van der Waals surface area contributed by atoms with E-state index < -0.39 is 11.7 Å². The largest absolute Gasteiger partial charge is 0.414 e. The number of hydrogen-bond donors (Lipinski definition) is 1. The molecule has 0 aromatic heterocycles. The monoisotopic (exact) mass is 153 g/mol. The molecule has 0 rings (SSSR count). The van der Waals surface area contributed by atoms with Crippen LogP contribution in [0.1, 0.15) is 13.8 Å². The minimum atomic E-state index is -4.20. The average Bonchev–Trinajstić information content (AvgIpc) is 1.83. The van der Waals surface area contributed by atoms with E-state index in [0.717, 1.165) is 6.92 Å². The van der Waals surface area contributed by atoms with Gasteiger partial charge in [-0.2, -0.15) is 13.2 Å². The van der Waals surface area contributed by atoms with Crippen LogP contribution < -0.4 is 5.32 Å². The Morgan fingerprint density at radius 3 is 1.70 bits per heavy atom. The van der Waals surface area contributed by atoms with Gasteiger partial charge in [-0.05, 0) is 13.8 Å². The number of alkyl halides is 3. The molecule has 0 atom stereocenters. The highest BCUT2D eigenvalue weighted by Crippen LogP contribution is 2.26. The minimum absolute atomic E-state index is 0.160. The summed E-state index contributed by atoms with van der Waals surface area (Å²) in [4.78, 5) is 0. The van der Waals surface area contributed by atoms with Crippen LogP contribution in [0.4, 0.5) is 13.2 Å². The van der Waals surface area contributed by atoms with Gasteiger partial charge < -0.3 is 5.32 Å². The predicted octanol–water partition coefficient (Wildman–Crippen LogP) is 2.06. The molecule has 10 heavy (non-hydrogen) atoms. The first-order valence-electron chi connectivity index (χ1n) is 2.82. The van der Waals surface area contributed by atoms with Gasteiger partial charge in [0.25, 0.3) is 0 Å². The quantitative estimate of drug-likeness (QED) is 0.608. The van der Waals surface area contributed by atoms with E-state index in [9.17, 15) is 13.2 Å². The molecule has 0 saturated heterocycles. The molecule has 0 heterocycles. The minimum Gasteiger partial charge on any atom is -0.391 e. The van der Waals surface area contributed by atoms with Gasteiger partial charge in [-0.15, -0.1) is 0 Å². The molecule has 0 aliphatic rings. The van der Waals surface area contributed by atoms with Crippen LogP contribution in [-0.2, 0) is 0 Å². The molecule has 0 aliphatic heterocycles. The Morgan fingerprint density at radius 1 is 1.20 bits per heavy atom. The normalized spacial score (nSPS) is 14.6. The molecular formula is C6H10F3N. The molecule has 0 aliphatic carbocycles. The lowest BCUT2D eigenvalue weighted by Gasteiger charge is -2.09. The van der Waals surface area contributed by atoms with Crippen molar-refractivity contribution >= 4 is 0 Å². The van der Waals surface area contributed by atoms with Crippen molar-refractivity contribution in [2.45, 2.75) is 20.0 Å². The second-order valence-electron chi connectivity index (χ2n) is 2.00. The maximum Gasteiger partial charge on any atom is 0.414 e. The van der Waals surface area contributed by atoms with Crippen molar-refractivity contribution in [3.8, 4) is 0 Å². The fourth-order valence-corrected chi connectivity index (χ4v) is 0.400. The Labute approximate surface area is 57.9 Å². The summed E-state index contributed by atoms with van der Waals surface area (Å²) >= 11 is 0. The van der Waals surface area contributed by atoms with E-state index in [-0.39, 0.29) is 5.70 Å². The summed E-state index contributed by atoms with van der Waals surface area (Å²) in [5.41, 5.74) is -0.414. The highest BCUT2D eigenvalue weighted by atomic mass is 19.4. The molecule has 0 aromatic carbocycles. The molecule has 4 heteroatoms. The molecule has 0 spiro atoms. The summed E-state index contributed by atoms with van der Waals surface area (Å²) < 4.78 is 35.4. The van der Waals surface area contributed by atoms with Gasteiger partial charge in [0.1, 0.15) is 0 Å². The third kappa shape index (κ3) is 2.29. The van der Waals surface area contributed by atoms with E-state index in [1.54, 1.807) is 0 Å². The molecule has 0 fully saturated rings. The molecule has 0 bridgehead atoms. The van der Waals surface area contributed by atoms with Crippen LogP contribution in [0.3, 0.4) is 0 Å². The van der Waals surface area contributed by atoms with Crippen LogP contribution in [0, 0.1) is 0 Å². The van der Waals surface area contributed by atoms with E-state index in [2.05, 4.69) is 5.32 Å². The maximum atomic E-state index is 11.8. The van der Waals surface area contributed by atoms with E-state index in [1.165, 1.54) is 14.0 Å². The smallest absolute Gasteiger partial charge is 0.391 e. The molecular weight excluding hydrogens is 143 g/mol. The Hall–Kier alpha value is -0.670. The van der Waals surface area contributed by atoms with Crippen molar-refractivity contribution in [2.24, 2.45) is 0 Å². The van der Waals surface area contributed by atoms with Crippen LogP contribution in [0.5, 0.6) is 0 Å².